The van der Waals surface area contributed by atoms with Crippen LogP contribution in [0, 0.1) is 3.57 Å². The number of rotatable bonds is 6. The quantitative estimate of drug-likeness (QED) is 0.198. The molecule has 0 saturated heterocycles. The molecule has 1 aliphatic rings. The lowest BCUT2D eigenvalue weighted by Gasteiger charge is -2.13. The molecule has 5 rings (SSSR count). The van der Waals surface area contributed by atoms with E-state index in [1.54, 1.807) is 24.7 Å². The van der Waals surface area contributed by atoms with Gasteiger partial charge in [0.1, 0.15) is 17.8 Å². The third-order valence-corrected chi connectivity index (χ3v) is 7.99. The zero-order valence-corrected chi connectivity index (χ0v) is 22.1. The molecule has 0 fully saturated rings. The second-order valence-corrected chi connectivity index (χ2v) is 10.7. The summed E-state index contributed by atoms with van der Waals surface area (Å²) in [5, 5.41) is 5.82. The zero-order chi connectivity index (χ0) is 23.7. The van der Waals surface area contributed by atoms with Gasteiger partial charge in [-0.3, -0.25) is 4.79 Å². The summed E-state index contributed by atoms with van der Waals surface area (Å²) < 4.78 is 13.8. The van der Waals surface area contributed by atoms with Gasteiger partial charge in [0.25, 0.3) is 5.56 Å². The number of fused-ring (bicyclic) bond motifs is 3. The summed E-state index contributed by atoms with van der Waals surface area (Å²) in [7, 11) is 1.60. The van der Waals surface area contributed by atoms with Crippen molar-refractivity contribution in [3.8, 4) is 11.5 Å². The summed E-state index contributed by atoms with van der Waals surface area (Å²) in [5.74, 6) is 1.25. The van der Waals surface area contributed by atoms with Crippen molar-refractivity contribution in [3.05, 3.63) is 83.2 Å². The maximum Gasteiger partial charge on any atom is 0.282 e. The molecule has 4 aromatic rings. The van der Waals surface area contributed by atoms with Crippen LogP contribution in [0.3, 0.4) is 0 Å². The van der Waals surface area contributed by atoms with Crippen molar-refractivity contribution in [2.75, 3.05) is 7.11 Å². The van der Waals surface area contributed by atoms with Crippen LogP contribution >= 0.6 is 45.5 Å². The third kappa shape index (κ3) is 4.71. The van der Waals surface area contributed by atoms with Gasteiger partial charge in [-0.15, -0.1) is 11.3 Å². The molecule has 2 aromatic carbocycles. The van der Waals surface area contributed by atoms with Crippen LogP contribution < -0.4 is 15.0 Å². The monoisotopic (exact) mass is 605 g/mol. The van der Waals surface area contributed by atoms with Gasteiger partial charge < -0.3 is 9.47 Å². The second-order valence-electron chi connectivity index (χ2n) is 7.98. The van der Waals surface area contributed by atoms with Crippen LogP contribution in [0.1, 0.15) is 34.4 Å². The molecule has 1 aliphatic carbocycles. The van der Waals surface area contributed by atoms with E-state index in [2.05, 4.69) is 32.7 Å². The molecule has 0 N–H and O–H groups in total. The average molecular weight is 606 g/mol. The van der Waals surface area contributed by atoms with Crippen LogP contribution in [0.15, 0.2) is 52.6 Å². The van der Waals surface area contributed by atoms with E-state index in [1.165, 1.54) is 22.3 Å². The molecule has 0 aliphatic heterocycles. The number of halogens is 2. The molecule has 0 radical (unpaired) electrons. The summed E-state index contributed by atoms with van der Waals surface area (Å²) in [4.78, 5) is 19.7. The summed E-state index contributed by atoms with van der Waals surface area (Å²) in [6.07, 6.45) is 7.39. The molecule has 9 heteroatoms. The lowest BCUT2D eigenvalue weighted by molar-refractivity contribution is 0.282. The van der Waals surface area contributed by atoms with Gasteiger partial charge in [-0.25, -0.2) is 4.98 Å². The molecular weight excluding hydrogens is 585 g/mol. The molecule has 2 aromatic heterocycles. The van der Waals surface area contributed by atoms with E-state index in [-0.39, 0.29) is 5.56 Å². The Morgan fingerprint density at radius 3 is 2.82 bits per heavy atom. The molecule has 34 heavy (non-hydrogen) atoms. The third-order valence-electron chi connectivity index (χ3n) is 5.74. The smallest absolute Gasteiger partial charge is 0.282 e. The molecular formula is C25H21ClIN3O3S. The lowest BCUT2D eigenvalue weighted by Crippen LogP contribution is -2.18. The van der Waals surface area contributed by atoms with Crippen LogP contribution in [0.2, 0.25) is 5.02 Å². The predicted molar refractivity (Wildman–Crippen MR) is 145 cm³/mol. The van der Waals surface area contributed by atoms with Gasteiger partial charge in [-0.1, -0.05) is 23.7 Å². The lowest BCUT2D eigenvalue weighted by atomic mass is 9.97. The number of nitrogens with zero attached hydrogens (tertiary/aromatic N) is 3. The molecule has 0 spiro atoms. The topological polar surface area (TPSA) is 65.7 Å². The van der Waals surface area contributed by atoms with E-state index < -0.39 is 0 Å². The van der Waals surface area contributed by atoms with Gasteiger partial charge in [0.05, 0.1) is 22.3 Å². The van der Waals surface area contributed by atoms with Gasteiger partial charge in [0, 0.05) is 9.90 Å². The maximum atomic E-state index is 13.1. The van der Waals surface area contributed by atoms with Crippen LogP contribution in [0.4, 0.5) is 0 Å². The zero-order valence-electron chi connectivity index (χ0n) is 18.4. The highest BCUT2D eigenvalue weighted by Gasteiger charge is 2.20. The van der Waals surface area contributed by atoms with Crippen molar-refractivity contribution >= 4 is 62.0 Å². The van der Waals surface area contributed by atoms with Crippen LogP contribution in [0.5, 0.6) is 11.5 Å². The Bertz CT molecular complexity index is 1450. The Labute approximate surface area is 219 Å². The number of aryl methyl sites for hydroxylation is 2. The highest BCUT2D eigenvalue weighted by atomic mass is 127. The maximum absolute atomic E-state index is 13.1. The molecule has 6 nitrogen and oxygen atoms in total. The van der Waals surface area contributed by atoms with E-state index in [4.69, 9.17) is 21.1 Å². The number of aromatic nitrogens is 2. The summed E-state index contributed by atoms with van der Waals surface area (Å²) in [5.41, 5.74) is 2.84. The summed E-state index contributed by atoms with van der Waals surface area (Å²) in [6.45, 7) is 0.392. The Balaban J connectivity index is 1.41. The van der Waals surface area contributed by atoms with Gasteiger partial charge in [-0.05, 0) is 89.2 Å². The van der Waals surface area contributed by atoms with Crippen LogP contribution in [-0.4, -0.2) is 23.0 Å². The number of benzene rings is 2. The Kier molecular flexibility index (Phi) is 6.89. The number of ether oxygens (including phenoxy) is 2. The summed E-state index contributed by atoms with van der Waals surface area (Å²) in [6, 6.07) is 11.3. The van der Waals surface area contributed by atoms with E-state index in [1.807, 2.05) is 36.4 Å². The number of hydrogen-bond acceptors (Lipinski definition) is 6. The highest BCUT2D eigenvalue weighted by molar-refractivity contribution is 14.1. The first kappa shape index (κ1) is 23.3. The van der Waals surface area contributed by atoms with Crippen LogP contribution in [0.25, 0.3) is 10.2 Å². The van der Waals surface area contributed by atoms with Crippen molar-refractivity contribution in [1.82, 2.24) is 9.66 Å². The van der Waals surface area contributed by atoms with Crippen molar-refractivity contribution in [2.45, 2.75) is 32.3 Å². The van der Waals surface area contributed by atoms with Crippen molar-refractivity contribution in [2.24, 2.45) is 5.10 Å². The molecule has 174 valence electrons. The van der Waals surface area contributed by atoms with Gasteiger partial charge in [0.2, 0.25) is 0 Å². The van der Waals surface area contributed by atoms with E-state index in [9.17, 15) is 4.79 Å². The first-order valence-electron chi connectivity index (χ1n) is 10.8. The Morgan fingerprint density at radius 1 is 1.24 bits per heavy atom. The van der Waals surface area contributed by atoms with Crippen molar-refractivity contribution in [1.29, 1.82) is 0 Å². The van der Waals surface area contributed by atoms with Gasteiger partial charge in [-0.2, -0.15) is 9.78 Å². The number of methoxy groups -OCH3 is 1. The molecule has 0 saturated carbocycles. The first-order chi connectivity index (χ1) is 16.5. The molecule has 0 atom stereocenters. The van der Waals surface area contributed by atoms with Crippen LogP contribution in [-0.2, 0) is 19.4 Å². The summed E-state index contributed by atoms with van der Waals surface area (Å²) >= 11 is 9.80. The number of hydrogen-bond donors (Lipinski definition) is 0. The average Bonchev–Trinajstić information content (AvgIpc) is 3.23. The minimum atomic E-state index is -0.120. The van der Waals surface area contributed by atoms with E-state index in [0.717, 1.165) is 49.7 Å². The first-order valence-corrected chi connectivity index (χ1v) is 13.1. The second kappa shape index (κ2) is 10.1. The Hall–Kier alpha value is -2.43. The normalized spacial score (nSPS) is 13.4. The fourth-order valence-corrected chi connectivity index (χ4v) is 6.17. The fourth-order valence-electron chi connectivity index (χ4n) is 4.04. The standard InChI is InChI=1S/C25H21ClIN3O3S/c1-32-20-11-16(10-19(27)23(20)33-13-15-6-8-17(26)9-7-15)12-29-30-14-28-24-22(25(30)31)18-4-2-3-5-21(18)34-24/h6-12,14H,2-5,13H2,1H3/b29-12-. The Morgan fingerprint density at radius 2 is 2.03 bits per heavy atom. The minimum Gasteiger partial charge on any atom is -0.493 e. The fraction of sp³-hybridized carbons (Fsp3) is 0.240. The predicted octanol–water partition coefficient (Wildman–Crippen LogP) is 6.06. The van der Waals surface area contributed by atoms with Gasteiger partial charge >= 0.3 is 0 Å². The molecule has 2 heterocycles. The van der Waals surface area contributed by atoms with E-state index >= 15 is 0 Å². The SMILES string of the molecule is COc1cc(/C=N\n2cnc3sc4c(c3c2=O)CCCC4)cc(I)c1OCc1ccc(Cl)cc1. The molecule has 0 unspecified atom stereocenters. The number of thiophene rings is 1. The largest absolute Gasteiger partial charge is 0.493 e. The van der Waals surface area contributed by atoms with Crippen molar-refractivity contribution in [3.63, 3.8) is 0 Å². The minimum absolute atomic E-state index is 0.120. The van der Waals surface area contributed by atoms with Crippen molar-refractivity contribution < 1.29 is 9.47 Å². The highest BCUT2D eigenvalue weighted by Crippen LogP contribution is 2.35. The molecule has 0 amide bonds. The van der Waals surface area contributed by atoms with E-state index in [0.29, 0.717) is 23.1 Å². The molecule has 0 bridgehead atoms. The van der Waals surface area contributed by atoms with Gasteiger partial charge in [0.15, 0.2) is 11.5 Å².